The molecule has 1 fully saturated rings. The number of hydrogen-bond acceptors (Lipinski definition) is 5. The molecule has 0 unspecified atom stereocenters. The third-order valence-electron chi connectivity index (χ3n) is 2.50. The molecule has 1 saturated heterocycles. The molecule has 0 aliphatic carbocycles. The number of hydrogen-bond donors (Lipinski definition) is 0. The first-order valence-electron chi connectivity index (χ1n) is 5.19. The largest absolute Gasteiger partial charge is 0.495 e. The van der Waals surface area contributed by atoms with Crippen molar-refractivity contribution in [3.8, 4) is 11.8 Å². The third kappa shape index (κ3) is 2.17. The van der Waals surface area contributed by atoms with Gasteiger partial charge in [0.2, 0.25) is 11.8 Å². The van der Waals surface area contributed by atoms with Crippen molar-refractivity contribution < 1.29 is 14.3 Å². The molecule has 0 spiro atoms. The summed E-state index contributed by atoms with van der Waals surface area (Å²) in [4.78, 5) is 24.7. The Kier molecular flexibility index (Phi) is 3.53. The number of nitrogens with zero attached hydrogens (tertiary/aromatic N) is 2. The molecule has 1 aliphatic heterocycles. The van der Waals surface area contributed by atoms with Crippen LogP contribution in [0.1, 0.15) is 5.56 Å². The van der Waals surface area contributed by atoms with Crippen LogP contribution in [-0.2, 0) is 9.59 Å². The zero-order chi connectivity index (χ0) is 13.1. The molecule has 6 heteroatoms. The smallest absolute Gasteiger partial charge is 0.243 e. The van der Waals surface area contributed by atoms with E-state index in [1.807, 2.05) is 6.07 Å². The zero-order valence-corrected chi connectivity index (χ0v) is 10.5. The van der Waals surface area contributed by atoms with Crippen molar-refractivity contribution in [2.75, 3.05) is 23.5 Å². The van der Waals surface area contributed by atoms with Gasteiger partial charge in [-0.25, -0.2) is 4.90 Å². The fourth-order valence-corrected chi connectivity index (χ4v) is 2.40. The van der Waals surface area contributed by atoms with Crippen LogP contribution in [0.2, 0.25) is 0 Å². The van der Waals surface area contributed by atoms with Crippen molar-refractivity contribution >= 4 is 29.3 Å². The van der Waals surface area contributed by atoms with E-state index in [1.54, 1.807) is 12.1 Å². The van der Waals surface area contributed by atoms with Gasteiger partial charge in [-0.15, -0.1) is 11.8 Å². The summed E-state index contributed by atoms with van der Waals surface area (Å²) in [5, 5.41) is 8.81. The van der Waals surface area contributed by atoms with Crippen LogP contribution in [0.25, 0.3) is 0 Å². The van der Waals surface area contributed by atoms with Gasteiger partial charge in [0.25, 0.3) is 0 Å². The fraction of sp³-hybridized carbons (Fsp3) is 0.250. The number of thioether (sulfide) groups is 1. The number of ether oxygens (including phenoxy) is 1. The Morgan fingerprint density at radius 3 is 2.56 bits per heavy atom. The summed E-state index contributed by atoms with van der Waals surface area (Å²) in [5.74, 6) is 0.366. The predicted molar refractivity (Wildman–Crippen MR) is 67.5 cm³/mol. The molecule has 0 radical (unpaired) electrons. The summed E-state index contributed by atoms with van der Waals surface area (Å²) >= 11 is 1.30. The number of anilines is 1. The van der Waals surface area contributed by atoms with Crippen molar-refractivity contribution in [2.24, 2.45) is 0 Å². The molecule has 1 heterocycles. The number of methoxy groups -OCH3 is 1. The summed E-state index contributed by atoms with van der Waals surface area (Å²) in [6.07, 6.45) is 0. The lowest BCUT2D eigenvalue weighted by Crippen LogP contribution is -2.43. The molecule has 5 nitrogen and oxygen atoms in total. The summed E-state index contributed by atoms with van der Waals surface area (Å²) in [5.41, 5.74) is 0.814. The van der Waals surface area contributed by atoms with Crippen LogP contribution >= 0.6 is 11.8 Å². The van der Waals surface area contributed by atoms with E-state index < -0.39 is 0 Å². The quantitative estimate of drug-likeness (QED) is 0.748. The van der Waals surface area contributed by atoms with E-state index in [-0.39, 0.29) is 23.3 Å². The van der Waals surface area contributed by atoms with Crippen molar-refractivity contribution in [2.45, 2.75) is 0 Å². The van der Waals surface area contributed by atoms with Gasteiger partial charge in [0, 0.05) is 6.07 Å². The standard InChI is InChI=1S/C12H10N2O3S/c1-17-10-4-8(5-13)2-3-9(10)14-11(15)6-18-7-12(14)16/h2-4H,6-7H2,1H3. The Hall–Kier alpha value is -2.00. The van der Waals surface area contributed by atoms with Gasteiger partial charge in [-0.2, -0.15) is 5.26 Å². The number of benzene rings is 1. The molecule has 1 aliphatic rings. The third-order valence-corrected chi connectivity index (χ3v) is 3.40. The van der Waals surface area contributed by atoms with Gasteiger partial charge in [-0.1, -0.05) is 0 Å². The highest BCUT2D eigenvalue weighted by molar-refractivity contribution is 8.00. The lowest BCUT2D eigenvalue weighted by Gasteiger charge is -2.25. The summed E-state index contributed by atoms with van der Waals surface area (Å²) in [6, 6.07) is 6.61. The first kappa shape index (κ1) is 12.5. The Bertz CT molecular complexity index is 535. The van der Waals surface area contributed by atoms with Gasteiger partial charge in [-0.3, -0.25) is 9.59 Å². The minimum absolute atomic E-state index is 0.265. The lowest BCUT2D eigenvalue weighted by molar-refractivity contribution is -0.124. The maximum atomic E-state index is 11.8. The van der Waals surface area contributed by atoms with Gasteiger partial charge < -0.3 is 4.74 Å². The Labute approximate surface area is 108 Å². The molecule has 0 bridgehead atoms. The first-order chi connectivity index (χ1) is 8.67. The van der Waals surface area contributed by atoms with E-state index in [0.29, 0.717) is 17.0 Å². The number of rotatable bonds is 2. The van der Waals surface area contributed by atoms with Gasteiger partial charge >= 0.3 is 0 Å². The van der Waals surface area contributed by atoms with Gasteiger partial charge in [-0.05, 0) is 12.1 Å². The van der Waals surface area contributed by atoms with Crippen molar-refractivity contribution in [1.82, 2.24) is 0 Å². The topological polar surface area (TPSA) is 70.4 Å². The molecule has 1 aromatic rings. The highest BCUT2D eigenvalue weighted by atomic mass is 32.2. The molecule has 92 valence electrons. The lowest BCUT2D eigenvalue weighted by atomic mass is 10.2. The van der Waals surface area contributed by atoms with E-state index in [1.165, 1.54) is 24.9 Å². The Balaban J connectivity index is 2.46. The molecule has 18 heavy (non-hydrogen) atoms. The SMILES string of the molecule is COc1cc(C#N)ccc1N1C(=O)CSCC1=O. The number of imide groups is 1. The van der Waals surface area contributed by atoms with Crippen LogP contribution in [0.5, 0.6) is 5.75 Å². The average molecular weight is 262 g/mol. The molecule has 0 N–H and O–H groups in total. The van der Waals surface area contributed by atoms with E-state index >= 15 is 0 Å². The number of nitriles is 1. The van der Waals surface area contributed by atoms with Crippen molar-refractivity contribution in [3.05, 3.63) is 23.8 Å². The van der Waals surface area contributed by atoms with Gasteiger partial charge in [0.15, 0.2) is 0 Å². The highest BCUT2D eigenvalue weighted by Gasteiger charge is 2.30. The van der Waals surface area contributed by atoms with Crippen molar-refractivity contribution in [3.63, 3.8) is 0 Å². The molecular formula is C12H10N2O3S. The number of amides is 2. The van der Waals surface area contributed by atoms with Crippen LogP contribution in [0, 0.1) is 11.3 Å². The van der Waals surface area contributed by atoms with E-state index in [2.05, 4.69) is 0 Å². The molecule has 0 saturated carbocycles. The molecule has 1 aromatic carbocycles. The van der Waals surface area contributed by atoms with Crippen LogP contribution < -0.4 is 9.64 Å². The van der Waals surface area contributed by atoms with E-state index in [4.69, 9.17) is 10.00 Å². The van der Waals surface area contributed by atoms with Gasteiger partial charge in [0.1, 0.15) is 5.75 Å². The number of carbonyl (C=O) groups excluding carboxylic acids is 2. The summed E-state index contributed by atoms with van der Waals surface area (Å²) in [7, 11) is 1.44. The second-order valence-corrected chi connectivity index (χ2v) is 4.60. The van der Waals surface area contributed by atoms with Crippen molar-refractivity contribution in [1.29, 1.82) is 5.26 Å². The molecule has 2 rings (SSSR count). The predicted octanol–water partition coefficient (Wildman–Crippen LogP) is 1.17. The highest BCUT2D eigenvalue weighted by Crippen LogP contribution is 2.31. The van der Waals surface area contributed by atoms with Crippen LogP contribution in [0.15, 0.2) is 18.2 Å². The maximum Gasteiger partial charge on any atom is 0.243 e. The zero-order valence-electron chi connectivity index (χ0n) is 9.67. The minimum atomic E-state index is -0.265. The second kappa shape index (κ2) is 5.10. The van der Waals surface area contributed by atoms with Gasteiger partial charge in [0.05, 0.1) is 35.9 Å². The molecule has 0 atom stereocenters. The first-order valence-corrected chi connectivity index (χ1v) is 6.34. The minimum Gasteiger partial charge on any atom is -0.495 e. The Morgan fingerprint density at radius 2 is 2.00 bits per heavy atom. The second-order valence-electron chi connectivity index (χ2n) is 3.61. The average Bonchev–Trinajstić information content (AvgIpc) is 2.38. The monoisotopic (exact) mass is 262 g/mol. The molecule has 0 aromatic heterocycles. The van der Waals surface area contributed by atoms with E-state index in [0.717, 1.165) is 4.90 Å². The van der Waals surface area contributed by atoms with E-state index in [9.17, 15) is 9.59 Å². The Morgan fingerprint density at radius 1 is 1.33 bits per heavy atom. The van der Waals surface area contributed by atoms with Crippen LogP contribution in [0.3, 0.4) is 0 Å². The molecule has 2 amide bonds. The maximum absolute atomic E-state index is 11.8. The fourth-order valence-electron chi connectivity index (χ4n) is 1.69. The normalized spacial score (nSPS) is 15.4. The summed E-state index contributed by atoms with van der Waals surface area (Å²) in [6.45, 7) is 0. The number of carbonyl (C=O) groups is 2. The van der Waals surface area contributed by atoms with Crippen LogP contribution in [-0.4, -0.2) is 30.4 Å². The van der Waals surface area contributed by atoms with Crippen LogP contribution in [0.4, 0.5) is 5.69 Å². The molecular weight excluding hydrogens is 252 g/mol. The summed E-state index contributed by atoms with van der Waals surface area (Å²) < 4.78 is 5.13.